The number of nitrogens with one attached hydrogen (secondary N) is 1. The number of anilines is 1. The van der Waals surface area contributed by atoms with Crippen LogP contribution in [-0.4, -0.2) is 6.04 Å². The Morgan fingerprint density at radius 2 is 1.94 bits per heavy atom. The van der Waals surface area contributed by atoms with Crippen molar-refractivity contribution in [1.82, 2.24) is 0 Å². The second-order valence-electron chi connectivity index (χ2n) is 4.33. The van der Waals surface area contributed by atoms with Gasteiger partial charge in [-0.05, 0) is 24.5 Å². The third-order valence-corrected chi connectivity index (χ3v) is 2.74. The van der Waals surface area contributed by atoms with Gasteiger partial charge >= 0.3 is 0 Å². The number of hydrogen-bond donors (Lipinski definition) is 1. The monoisotopic (exact) mass is 227 g/mol. The standard InChI is InChI=1S/C13H19F2N/c1-4-12(9(2)3)16-11-7-5-6-10(8-11)13(14)15/h5-9,12-13,16H,4H2,1-3H3. The van der Waals surface area contributed by atoms with E-state index in [1.807, 2.05) is 6.07 Å². The van der Waals surface area contributed by atoms with Crippen LogP contribution < -0.4 is 5.32 Å². The van der Waals surface area contributed by atoms with Crippen molar-refractivity contribution in [3.8, 4) is 0 Å². The zero-order valence-corrected chi connectivity index (χ0v) is 10.0. The molecular weight excluding hydrogens is 208 g/mol. The highest BCUT2D eigenvalue weighted by atomic mass is 19.3. The smallest absolute Gasteiger partial charge is 0.263 e. The summed E-state index contributed by atoms with van der Waals surface area (Å²) in [5, 5.41) is 3.29. The molecule has 0 bridgehead atoms. The first kappa shape index (κ1) is 12.9. The fraction of sp³-hybridized carbons (Fsp3) is 0.538. The fourth-order valence-electron chi connectivity index (χ4n) is 1.72. The zero-order chi connectivity index (χ0) is 12.1. The molecule has 0 radical (unpaired) electrons. The van der Waals surface area contributed by atoms with Crippen LogP contribution in [0.15, 0.2) is 24.3 Å². The van der Waals surface area contributed by atoms with Gasteiger partial charge in [-0.15, -0.1) is 0 Å². The molecule has 90 valence electrons. The van der Waals surface area contributed by atoms with Gasteiger partial charge in [-0.1, -0.05) is 32.9 Å². The molecule has 1 atom stereocenters. The van der Waals surface area contributed by atoms with Gasteiger partial charge in [-0.3, -0.25) is 0 Å². The average molecular weight is 227 g/mol. The van der Waals surface area contributed by atoms with E-state index >= 15 is 0 Å². The molecule has 16 heavy (non-hydrogen) atoms. The Kier molecular flexibility index (Phi) is 4.71. The van der Waals surface area contributed by atoms with E-state index in [0.717, 1.165) is 12.1 Å². The lowest BCUT2D eigenvalue weighted by Crippen LogP contribution is -2.24. The van der Waals surface area contributed by atoms with E-state index < -0.39 is 6.43 Å². The number of benzene rings is 1. The first-order valence-electron chi connectivity index (χ1n) is 5.69. The molecule has 0 heterocycles. The molecule has 0 aromatic heterocycles. The van der Waals surface area contributed by atoms with Gasteiger partial charge in [-0.2, -0.15) is 0 Å². The highest BCUT2D eigenvalue weighted by Crippen LogP contribution is 2.23. The van der Waals surface area contributed by atoms with Gasteiger partial charge in [0.15, 0.2) is 0 Å². The second-order valence-corrected chi connectivity index (χ2v) is 4.33. The summed E-state index contributed by atoms with van der Waals surface area (Å²) in [6.07, 6.45) is -1.42. The molecule has 0 spiro atoms. The SMILES string of the molecule is CCC(Nc1cccc(C(F)F)c1)C(C)C. The Balaban J connectivity index is 2.76. The van der Waals surface area contributed by atoms with E-state index in [1.165, 1.54) is 12.1 Å². The third kappa shape index (κ3) is 3.47. The van der Waals surface area contributed by atoms with Crippen LogP contribution >= 0.6 is 0 Å². The molecule has 1 aromatic rings. The summed E-state index contributed by atoms with van der Waals surface area (Å²) >= 11 is 0. The molecule has 0 aliphatic rings. The molecule has 1 rings (SSSR count). The summed E-state index contributed by atoms with van der Waals surface area (Å²) in [6.45, 7) is 6.34. The zero-order valence-electron chi connectivity index (χ0n) is 10.0. The van der Waals surface area contributed by atoms with Crippen molar-refractivity contribution < 1.29 is 8.78 Å². The molecule has 0 aliphatic heterocycles. The lowest BCUT2D eigenvalue weighted by molar-refractivity contribution is 0.151. The van der Waals surface area contributed by atoms with Gasteiger partial charge < -0.3 is 5.32 Å². The molecule has 0 saturated carbocycles. The third-order valence-electron chi connectivity index (χ3n) is 2.74. The minimum Gasteiger partial charge on any atom is -0.382 e. The summed E-state index contributed by atoms with van der Waals surface area (Å²) in [6, 6.07) is 6.79. The van der Waals surface area contributed by atoms with Gasteiger partial charge in [0.2, 0.25) is 0 Å². The van der Waals surface area contributed by atoms with Gasteiger partial charge in [-0.25, -0.2) is 8.78 Å². The predicted molar refractivity (Wildman–Crippen MR) is 63.9 cm³/mol. The van der Waals surface area contributed by atoms with Crippen molar-refractivity contribution in [1.29, 1.82) is 0 Å². The molecule has 0 amide bonds. The molecule has 1 N–H and O–H groups in total. The van der Waals surface area contributed by atoms with E-state index in [2.05, 4.69) is 26.1 Å². The van der Waals surface area contributed by atoms with Crippen LogP contribution in [0.5, 0.6) is 0 Å². The Bertz CT molecular complexity index is 323. The second kappa shape index (κ2) is 5.83. The van der Waals surface area contributed by atoms with Gasteiger partial charge in [0.05, 0.1) is 0 Å². The average Bonchev–Trinajstić information content (AvgIpc) is 2.25. The number of rotatable bonds is 5. The normalized spacial score (nSPS) is 13.2. The molecule has 3 heteroatoms. The van der Waals surface area contributed by atoms with Gasteiger partial charge in [0.25, 0.3) is 6.43 Å². The topological polar surface area (TPSA) is 12.0 Å². The summed E-state index contributed by atoms with van der Waals surface area (Å²) in [5.41, 5.74) is 0.849. The molecule has 1 nitrogen and oxygen atoms in total. The number of halogens is 2. The summed E-state index contributed by atoms with van der Waals surface area (Å²) in [4.78, 5) is 0. The van der Waals surface area contributed by atoms with E-state index in [-0.39, 0.29) is 5.56 Å². The van der Waals surface area contributed by atoms with Gasteiger partial charge in [0, 0.05) is 17.3 Å². The van der Waals surface area contributed by atoms with Crippen LogP contribution in [0.1, 0.15) is 39.2 Å². The summed E-state index contributed by atoms with van der Waals surface area (Å²) < 4.78 is 25.0. The maximum atomic E-state index is 12.5. The first-order valence-corrected chi connectivity index (χ1v) is 5.69. The van der Waals surface area contributed by atoms with E-state index in [0.29, 0.717) is 12.0 Å². The maximum absolute atomic E-state index is 12.5. The largest absolute Gasteiger partial charge is 0.382 e. The van der Waals surface area contributed by atoms with Crippen molar-refractivity contribution in [2.24, 2.45) is 5.92 Å². The summed E-state index contributed by atoms with van der Waals surface area (Å²) in [7, 11) is 0. The molecule has 0 saturated heterocycles. The van der Waals surface area contributed by atoms with E-state index in [4.69, 9.17) is 0 Å². The maximum Gasteiger partial charge on any atom is 0.263 e. The van der Waals surface area contributed by atoms with Crippen molar-refractivity contribution in [2.75, 3.05) is 5.32 Å². The molecular formula is C13H19F2N. The minimum absolute atomic E-state index is 0.0728. The van der Waals surface area contributed by atoms with Crippen molar-refractivity contribution >= 4 is 5.69 Å². The van der Waals surface area contributed by atoms with E-state index in [9.17, 15) is 8.78 Å². The van der Waals surface area contributed by atoms with Crippen molar-refractivity contribution in [3.05, 3.63) is 29.8 Å². The highest BCUT2D eigenvalue weighted by molar-refractivity contribution is 5.46. The van der Waals surface area contributed by atoms with Crippen LogP contribution in [-0.2, 0) is 0 Å². The van der Waals surface area contributed by atoms with Crippen molar-refractivity contribution in [3.63, 3.8) is 0 Å². The van der Waals surface area contributed by atoms with Crippen molar-refractivity contribution in [2.45, 2.75) is 39.7 Å². The molecule has 1 unspecified atom stereocenters. The van der Waals surface area contributed by atoms with E-state index in [1.54, 1.807) is 6.07 Å². The first-order chi connectivity index (χ1) is 7.54. The van der Waals surface area contributed by atoms with Crippen LogP contribution in [0.4, 0.5) is 14.5 Å². The lowest BCUT2D eigenvalue weighted by atomic mass is 10.0. The Morgan fingerprint density at radius 1 is 1.25 bits per heavy atom. The van der Waals surface area contributed by atoms with Crippen LogP contribution in [0.25, 0.3) is 0 Å². The predicted octanol–water partition coefficient (Wildman–Crippen LogP) is 4.47. The van der Waals surface area contributed by atoms with Crippen LogP contribution in [0.3, 0.4) is 0 Å². The molecule has 0 aliphatic carbocycles. The van der Waals surface area contributed by atoms with Crippen LogP contribution in [0, 0.1) is 5.92 Å². The Morgan fingerprint density at radius 3 is 2.44 bits per heavy atom. The number of hydrogen-bond acceptors (Lipinski definition) is 1. The quantitative estimate of drug-likeness (QED) is 0.782. The highest BCUT2D eigenvalue weighted by Gasteiger charge is 2.12. The molecule has 0 fully saturated rings. The Labute approximate surface area is 95.9 Å². The Hall–Kier alpha value is -1.12. The van der Waals surface area contributed by atoms with Gasteiger partial charge in [0.1, 0.15) is 0 Å². The fourth-order valence-corrected chi connectivity index (χ4v) is 1.72. The van der Waals surface area contributed by atoms with Crippen LogP contribution in [0.2, 0.25) is 0 Å². The molecule has 1 aromatic carbocycles. The summed E-state index contributed by atoms with van der Waals surface area (Å²) in [5.74, 6) is 0.486. The minimum atomic E-state index is -2.40. The lowest BCUT2D eigenvalue weighted by Gasteiger charge is -2.22. The number of alkyl halides is 2.